The molecule has 3 heteroatoms. The van der Waals surface area contributed by atoms with Gasteiger partial charge in [0.25, 0.3) is 0 Å². The van der Waals surface area contributed by atoms with Crippen LogP contribution in [0.2, 0.25) is 0 Å². The predicted molar refractivity (Wildman–Crippen MR) is 73.7 cm³/mol. The summed E-state index contributed by atoms with van der Waals surface area (Å²) in [5.41, 5.74) is 0. The van der Waals surface area contributed by atoms with Crippen LogP contribution in [0, 0.1) is 3.57 Å². The minimum Gasteiger partial charge on any atom is -0.507 e. The molecule has 0 spiro atoms. The van der Waals surface area contributed by atoms with Crippen molar-refractivity contribution in [2.45, 2.75) is 0 Å². The summed E-state index contributed by atoms with van der Waals surface area (Å²) in [6, 6.07) is 12.1. The molecule has 74 valence electrons. The Labute approximate surface area is 104 Å². The second-order valence-electron chi connectivity index (χ2n) is 3.37. The monoisotopic (exact) mass is 326 g/mol. The maximum absolute atomic E-state index is 9.64. The third-order valence-corrected chi connectivity index (χ3v) is 5.13. The van der Waals surface area contributed by atoms with Crippen LogP contribution in [0.3, 0.4) is 0 Å². The van der Waals surface area contributed by atoms with Crippen LogP contribution in [0.15, 0.2) is 36.4 Å². The van der Waals surface area contributed by atoms with Crippen LogP contribution in [0.1, 0.15) is 0 Å². The molecule has 0 aliphatic carbocycles. The Morgan fingerprint density at radius 1 is 1.00 bits per heavy atom. The van der Waals surface area contributed by atoms with E-state index in [-0.39, 0.29) is 0 Å². The quantitative estimate of drug-likeness (QED) is 0.609. The molecule has 3 aromatic rings. The first-order valence-corrected chi connectivity index (χ1v) is 6.45. The van der Waals surface area contributed by atoms with Gasteiger partial charge in [-0.1, -0.05) is 18.2 Å². The van der Waals surface area contributed by atoms with Gasteiger partial charge in [0.15, 0.2) is 0 Å². The second kappa shape index (κ2) is 3.35. The molecule has 1 N–H and O–H groups in total. The molecule has 0 radical (unpaired) electrons. The van der Waals surface area contributed by atoms with E-state index in [9.17, 15) is 5.11 Å². The molecule has 1 heterocycles. The minimum absolute atomic E-state index is 0.370. The van der Waals surface area contributed by atoms with Crippen LogP contribution < -0.4 is 0 Å². The highest BCUT2D eigenvalue weighted by Gasteiger charge is 2.09. The highest BCUT2D eigenvalue weighted by molar-refractivity contribution is 14.1. The Morgan fingerprint density at radius 3 is 2.67 bits per heavy atom. The average molecular weight is 326 g/mol. The molecule has 1 nitrogen and oxygen atoms in total. The van der Waals surface area contributed by atoms with E-state index in [4.69, 9.17) is 0 Å². The van der Waals surface area contributed by atoms with E-state index in [2.05, 4.69) is 34.7 Å². The van der Waals surface area contributed by atoms with Gasteiger partial charge in [-0.05, 0) is 40.8 Å². The van der Waals surface area contributed by atoms with Crippen molar-refractivity contribution in [3.8, 4) is 5.75 Å². The van der Waals surface area contributed by atoms with E-state index in [0.717, 1.165) is 3.57 Å². The lowest BCUT2D eigenvalue weighted by atomic mass is 10.1. The normalized spacial score (nSPS) is 11.3. The fourth-order valence-electron chi connectivity index (χ4n) is 1.75. The average Bonchev–Trinajstić information content (AvgIpc) is 2.63. The lowest BCUT2D eigenvalue weighted by Gasteiger charge is -1.97. The highest BCUT2D eigenvalue weighted by atomic mass is 127. The van der Waals surface area contributed by atoms with Crippen molar-refractivity contribution in [3.05, 3.63) is 40.0 Å². The summed E-state index contributed by atoms with van der Waals surface area (Å²) in [7, 11) is 0. The fourth-order valence-corrected chi connectivity index (χ4v) is 3.68. The lowest BCUT2D eigenvalue weighted by Crippen LogP contribution is -1.73. The Bertz CT molecular complexity index is 657. The molecule has 0 bridgehead atoms. The Kier molecular flexibility index (Phi) is 2.10. The lowest BCUT2D eigenvalue weighted by molar-refractivity contribution is 0.472. The van der Waals surface area contributed by atoms with Crippen molar-refractivity contribution < 1.29 is 5.11 Å². The summed E-state index contributed by atoms with van der Waals surface area (Å²) in [4.78, 5) is 0. The van der Waals surface area contributed by atoms with E-state index < -0.39 is 0 Å². The predicted octanol–water partition coefficient (Wildman–Crippen LogP) is 4.36. The molecule has 1 aromatic heterocycles. The minimum atomic E-state index is 0.370. The topological polar surface area (TPSA) is 20.2 Å². The smallest absolute Gasteiger partial charge is 0.130 e. The number of aromatic hydroxyl groups is 1. The molecular weight excluding hydrogens is 319 g/mol. The molecule has 0 aliphatic heterocycles. The van der Waals surface area contributed by atoms with Gasteiger partial charge >= 0.3 is 0 Å². The summed E-state index contributed by atoms with van der Waals surface area (Å²) >= 11 is 3.93. The second-order valence-corrected chi connectivity index (χ2v) is 5.50. The van der Waals surface area contributed by atoms with Crippen LogP contribution in [-0.4, -0.2) is 5.11 Å². The van der Waals surface area contributed by atoms with Crippen molar-refractivity contribution in [1.29, 1.82) is 0 Å². The van der Waals surface area contributed by atoms with Gasteiger partial charge < -0.3 is 5.11 Å². The molecule has 0 unspecified atom stereocenters. The van der Waals surface area contributed by atoms with E-state index in [1.807, 2.05) is 18.2 Å². The van der Waals surface area contributed by atoms with Gasteiger partial charge in [0.1, 0.15) is 5.75 Å². The van der Waals surface area contributed by atoms with Crippen molar-refractivity contribution in [2.24, 2.45) is 0 Å². The van der Waals surface area contributed by atoms with Gasteiger partial charge in [-0.15, -0.1) is 11.3 Å². The number of phenolic OH excluding ortho intramolecular Hbond substituents is 1. The molecule has 15 heavy (non-hydrogen) atoms. The Balaban J connectivity index is 2.60. The largest absolute Gasteiger partial charge is 0.507 e. The highest BCUT2D eigenvalue weighted by Crippen LogP contribution is 2.39. The summed E-state index contributed by atoms with van der Waals surface area (Å²) in [5, 5.41) is 12.1. The van der Waals surface area contributed by atoms with E-state index in [0.29, 0.717) is 5.75 Å². The molecule has 0 fully saturated rings. The zero-order valence-corrected chi connectivity index (χ0v) is 10.7. The van der Waals surface area contributed by atoms with Gasteiger partial charge in [0, 0.05) is 15.5 Å². The number of hydrogen-bond donors (Lipinski definition) is 1. The summed E-state index contributed by atoms with van der Waals surface area (Å²) in [6.07, 6.45) is 0. The number of phenols is 1. The van der Waals surface area contributed by atoms with Gasteiger partial charge in [0.2, 0.25) is 0 Å². The maximum Gasteiger partial charge on any atom is 0.130 e. The molecule has 0 amide bonds. The van der Waals surface area contributed by atoms with Gasteiger partial charge in [-0.3, -0.25) is 0 Å². The SMILES string of the molecule is Oc1ccc2c(sc3ccccc32)c1I. The number of hydrogen-bond acceptors (Lipinski definition) is 2. The zero-order valence-electron chi connectivity index (χ0n) is 7.70. The van der Waals surface area contributed by atoms with Crippen molar-refractivity contribution in [3.63, 3.8) is 0 Å². The van der Waals surface area contributed by atoms with Crippen LogP contribution >= 0.6 is 33.9 Å². The van der Waals surface area contributed by atoms with E-state index >= 15 is 0 Å². The number of halogens is 1. The van der Waals surface area contributed by atoms with Crippen LogP contribution in [0.5, 0.6) is 5.75 Å². The third-order valence-electron chi connectivity index (χ3n) is 2.47. The van der Waals surface area contributed by atoms with Crippen LogP contribution in [0.4, 0.5) is 0 Å². The van der Waals surface area contributed by atoms with Gasteiger partial charge in [-0.2, -0.15) is 0 Å². The summed E-state index contributed by atoms with van der Waals surface area (Å²) in [6.45, 7) is 0. The zero-order chi connectivity index (χ0) is 10.4. The number of rotatable bonds is 0. The van der Waals surface area contributed by atoms with Crippen LogP contribution in [0.25, 0.3) is 20.2 Å². The van der Waals surface area contributed by atoms with Crippen molar-refractivity contribution >= 4 is 54.1 Å². The Morgan fingerprint density at radius 2 is 1.80 bits per heavy atom. The molecule has 0 atom stereocenters. The van der Waals surface area contributed by atoms with Gasteiger partial charge in [-0.25, -0.2) is 0 Å². The van der Waals surface area contributed by atoms with Crippen molar-refractivity contribution in [2.75, 3.05) is 0 Å². The molecule has 0 saturated carbocycles. The van der Waals surface area contributed by atoms with Crippen LogP contribution in [-0.2, 0) is 0 Å². The third kappa shape index (κ3) is 1.33. The van der Waals surface area contributed by atoms with Crippen molar-refractivity contribution in [1.82, 2.24) is 0 Å². The number of benzene rings is 2. The first kappa shape index (κ1) is 9.42. The molecule has 0 saturated heterocycles. The molecule has 2 aromatic carbocycles. The maximum atomic E-state index is 9.64. The first-order valence-electron chi connectivity index (χ1n) is 4.56. The Hall–Kier alpha value is -0.810. The fraction of sp³-hybridized carbons (Fsp3) is 0. The first-order chi connectivity index (χ1) is 7.27. The standard InChI is InChI=1S/C12H7IOS/c13-11-9(14)6-5-8-7-3-1-2-4-10(7)15-12(8)11/h1-6,14H. The van der Waals surface area contributed by atoms with E-state index in [1.165, 1.54) is 20.2 Å². The van der Waals surface area contributed by atoms with Gasteiger partial charge in [0.05, 0.1) is 8.27 Å². The number of fused-ring (bicyclic) bond motifs is 3. The molecule has 0 aliphatic rings. The summed E-state index contributed by atoms with van der Waals surface area (Å²) < 4.78 is 3.40. The summed E-state index contributed by atoms with van der Waals surface area (Å²) in [5.74, 6) is 0.370. The molecule has 3 rings (SSSR count). The molecular formula is C12H7IOS. The number of thiophene rings is 1. The van der Waals surface area contributed by atoms with E-state index in [1.54, 1.807) is 17.4 Å².